The van der Waals surface area contributed by atoms with Crippen LogP contribution < -0.4 is 16.2 Å². The fraction of sp³-hybridized carbons (Fsp3) is 0.385. The molecule has 0 radical (unpaired) electrons. The Kier molecular flexibility index (Phi) is 10.4. The Bertz CT molecular complexity index is 2230. The molecule has 2 N–H and O–H groups in total. The van der Waals surface area contributed by atoms with Crippen molar-refractivity contribution in [1.82, 2.24) is 20.2 Å². The fourth-order valence-corrected chi connectivity index (χ4v) is 11.2. The highest BCUT2D eigenvalue weighted by Crippen LogP contribution is 2.42. The summed E-state index contributed by atoms with van der Waals surface area (Å²) in [5.74, 6) is -0.296. The van der Waals surface area contributed by atoms with E-state index in [9.17, 15) is 24.0 Å². The van der Waals surface area contributed by atoms with E-state index in [0.29, 0.717) is 45.8 Å². The zero-order valence-corrected chi connectivity index (χ0v) is 31.9. The molecular weight excluding hydrogens is 749 g/mol. The molecule has 8 rings (SSSR count). The summed E-state index contributed by atoms with van der Waals surface area (Å²) in [6.07, 6.45) is 2.93. The van der Waals surface area contributed by atoms with E-state index in [1.165, 1.54) is 21.6 Å². The molecule has 4 aliphatic heterocycles. The number of nitrogens with zero attached hydrogens (tertiary/aromatic N) is 2. The lowest BCUT2D eigenvalue weighted by Crippen LogP contribution is -2.47. The molecule has 2 saturated heterocycles. The average molecular weight is 787 g/mol. The predicted octanol–water partition coefficient (Wildman–Crippen LogP) is 5.95. The first kappa shape index (κ1) is 36.5. The molecule has 6 heterocycles. The van der Waals surface area contributed by atoms with E-state index in [1.54, 1.807) is 41.8 Å². The number of cyclic esters (lactones) is 1. The number of para-hydroxylation sites is 1. The lowest BCUT2D eigenvalue weighted by atomic mass is 9.85. The van der Waals surface area contributed by atoms with Gasteiger partial charge in [-0.3, -0.25) is 9.59 Å². The number of hydrogen-bond acceptors (Lipinski definition) is 12. The molecule has 280 valence electrons. The molecule has 4 aliphatic rings. The summed E-state index contributed by atoms with van der Waals surface area (Å²) < 4.78 is 18.8. The summed E-state index contributed by atoms with van der Waals surface area (Å²) in [4.78, 5) is 70.9. The number of thioether (sulfide) groups is 1. The number of hydrogen-bond donors (Lipinski definition) is 2. The minimum Gasteiger partial charge on any atom is -0.465 e. The Labute approximate surface area is 323 Å². The van der Waals surface area contributed by atoms with Crippen LogP contribution in [0.3, 0.4) is 0 Å². The van der Waals surface area contributed by atoms with Gasteiger partial charge in [-0.15, -0.1) is 0 Å². The number of ether oxygens (including phenoxy) is 3. The first-order valence-corrected chi connectivity index (χ1v) is 21.4. The van der Waals surface area contributed by atoms with E-state index in [4.69, 9.17) is 19.2 Å². The minimum absolute atomic E-state index is 0.0527. The van der Waals surface area contributed by atoms with Crippen LogP contribution in [0, 0.1) is 0 Å². The van der Waals surface area contributed by atoms with E-state index in [0.717, 1.165) is 41.5 Å². The zero-order chi connectivity index (χ0) is 37.4. The third-order valence-corrected chi connectivity index (χ3v) is 14.3. The van der Waals surface area contributed by atoms with Crippen LogP contribution in [0.1, 0.15) is 66.1 Å². The van der Waals surface area contributed by atoms with E-state index in [2.05, 4.69) is 10.6 Å². The molecule has 2 amide bonds. The molecule has 15 heteroatoms. The number of carbonyl (C=O) groups excluding carboxylic acids is 4. The van der Waals surface area contributed by atoms with Crippen molar-refractivity contribution in [3.8, 4) is 11.4 Å². The number of amides is 2. The van der Waals surface area contributed by atoms with Crippen molar-refractivity contribution < 1.29 is 33.4 Å². The average Bonchev–Trinajstić information content (AvgIpc) is 3.85. The standard InChI is InChI=1S/C39H38N4O8S3/c1-2-39(26-18-29-33-23(17-22-9-3-5-11-27(22)40-33)19-43(29)35(45)25(26)20-50-37(39)47)51-36(46)24-10-4-6-12-30(24)54-53-16-15-49-32(44)14-8-7-13-31-34-28(21-52-31)41-38(48)42-34/h3-6,9-12,17-18,28,31,34H,2,7-8,13-16,19-21H2,1H3,(H2,41,42,48). The predicted molar refractivity (Wildman–Crippen MR) is 207 cm³/mol. The maximum atomic E-state index is 13.9. The monoisotopic (exact) mass is 786 g/mol. The summed E-state index contributed by atoms with van der Waals surface area (Å²) in [6.45, 7) is 2.07. The van der Waals surface area contributed by atoms with E-state index in [1.807, 2.05) is 42.1 Å². The number of benzene rings is 2. The summed E-state index contributed by atoms with van der Waals surface area (Å²) >= 11 is 1.86. The Hall–Kier alpha value is -4.47. The summed E-state index contributed by atoms with van der Waals surface area (Å²) in [6, 6.07) is 18.7. The molecule has 0 aliphatic carbocycles. The number of carbonyl (C=O) groups is 4. The quantitative estimate of drug-likeness (QED) is 0.0476. The van der Waals surface area contributed by atoms with E-state index >= 15 is 0 Å². The first-order valence-electron chi connectivity index (χ1n) is 18.1. The maximum absolute atomic E-state index is 13.9. The summed E-state index contributed by atoms with van der Waals surface area (Å²) in [5, 5.41) is 7.27. The summed E-state index contributed by atoms with van der Waals surface area (Å²) in [5.41, 5.74) is 1.62. The molecular formula is C39H38N4O8S3. The van der Waals surface area contributed by atoms with Gasteiger partial charge in [-0.1, -0.05) is 65.3 Å². The van der Waals surface area contributed by atoms with Crippen LogP contribution in [0.5, 0.6) is 0 Å². The second-order valence-corrected chi connectivity index (χ2v) is 17.4. The molecule has 2 fully saturated rings. The van der Waals surface area contributed by atoms with Gasteiger partial charge < -0.3 is 29.4 Å². The van der Waals surface area contributed by atoms with Crippen molar-refractivity contribution in [2.24, 2.45) is 0 Å². The molecule has 4 unspecified atom stereocenters. The number of urea groups is 1. The van der Waals surface area contributed by atoms with Gasteiger partial charge in [-0.05, 0) is 49.6 Å². The Morgan fingerprint density at radius 3 is 2.78 bits per heavy atom. The van der Waals surface area contributed by atoms with Gasteiger partial charge in [-0.2, -0.15) is 11.8 Å². The Morgan fingerprint density at radius 1 is 1.07 bits per heavy atom. The molecule has 2 aromatic heterocycles. The molecule has 0 bridgehead atoms. The number of fused-ring (bicyclic) bond motifs is 6. The third kappa shape index (κ3) is 6.85. The van der Waals surface area contributed by atoms with E-state index < -0.39 is 17.5 Å². The van der Waals surface area contributed by atoms with Gasteiger partial charge in [0.05, 0.1) is 46.7 Å². The molecule has 54 heavy (non-hydrogen) atoms. The van der Waals surface area contributed by atoms with Crippen LogP contribution in [-0.2, 0) is 42.6 Å². The SMILES string of the molecule is CCC1(OC(=O)c2ccccc2SSCCOC(=O)CCCCC2SCC3NC(=O)NC32)C(=O)OCc2c1cc1n(c2=O)Cc2cc3ccccc3nc2-1. The third-order valence-electron chi connectivity index (χ3n) is 10.4. The largest absolute Gasteiger partial charge is 0.465 e. The van der Waals surface area contributed by atoms with Gasteiger partial charge in [0.25, 0.3) is 5.56 Å². The van der Waals surface area contributed by atoms with Gasteiger partial charge in [0.1, 0.15) is 13.2 Å². The van der Waals surface area contributed by atoms with Crippen molar-refractivity contribution in [2.75, 3.05) is 18.1 Å². The van der Waals surface area contributed by atoms with E-state index in [-0.39, 0.29) is 60.4 Å². The highest BCUT2D eigenvalue weighted by molar-refractivity contribution is 8.76. The van der Waals surface area contributed by atoms with Gasteiger partial charge in [-0.25, -0.2) is 19.4 Å². The van der Waals surface area contributed by atoms with Gasteiger partial charge in [0, 0.05) is 44.6 Å². The smallest absolute Gasteiger partial charge is 0.355 e. The van der Waals surface area contributed by atoms with Crippen LogP contribution in [-0.4, -0.2) is 68.9 Å². The maximum Gasteiger partial charge on any atom is 0.355 e. The molecule has 4 atom stereocenters. The number of nitrogens with one attached hydrogen (secondary N) is 2. The zero-order valence-electron chi connectivity index (χ0n) is 29.5. The number of esters is 3. The number of pyridine rings is 2. The van der Waals surface area contributed by atoms with Gasteiger partial charge in [0.2, 0.25) is 5.60 Å². The van der Waals surface area contributed by atoms with Crippen LogP contribution in [0.4, 0.5) is 4.79 Å². The highest BCUT2D eigenvalue weighted by atomic mass is 33.1. The van der Waals surface area contributed by atoms with Crippen LogP contribution in [0.15, 0.2) is 70.4 Å². The van der Waals surface area contributed by atoms with Crippen molar-refractivity contribution in [1.29, 1.82) is 0 Å². The molecule has 0 spiro atoms. The summed E-state index contributed by atoms with van der Waals surface area (Å²) in [7, 11) is 2.78. The minimum atomic E-state index is -1.83. The van der Waals surface area contributed by atoms with Crippen molar-refractivity contribution in [3.63, 3.8) is 0 Å². The van der Waals surface area contributed by atoms with Crippen LogP contribution in [0.25, 0.3) is 22.3 Å². The van der Waals surface area contributed by atoms with Crippen LogP contribution >= 0.6 is 33.3 Å². The van der Waals surface area contributed by atoms with Gasteiger partial charge >= 0.3 is 23.9 Å². The number of unbranched alkanes of at least 4 members (excludes halogenated alkanes) is 1. The van der Waals surface area contributed by atoms with Crippen molar-refractivity contribution in [3.05, 3.63) is 93.3 Å². The van der Waals surface area contributed by atoms with Gasteiger partial charge in [0.15, 0.2) is 0 Å². The normalized spacial score (nSPS) is 22.1. The second-order valence-electron chi connectivity index (χ2n) is 13.6. The Balaban J connectivity index is 0.891. The lowest BCUT2D eigenvalue weighted by molar-refractivity contribution is -0.173. The molecule has 4 aromatic rings. The first-order chi connectivity index (χ1) is 26.3. The number of rotatable bonds is 13. The number of aromatic nitrogens is 2. The molecule has 2 aromatic carbocycles. The molecule has 12 nitrogen and oxygen atoms in total. The Morgan fingerprint density at radius 2 is 1.91 bits per heavy atom. The topological polar surface area (TPSA) is 155 Å². The van der Waals surface area contributed by atoms with Crippen LogP contribution in [0.2, 0.25) is 0 Å². The van der Waals surface area contributed by atoms with Crippen molar-refractivity contribution >= 4 is 68.2 Å². The second kappa shape index (κ2) is 15.3. The van der Waals surface area contributed by atoms with Crippen molar-refractivity contribution in [2.45, 2.75) is 80.0 Å². The lowest BCUT2D eigenvalue weighted by Gasteiger charge is -2.35. The highest BCUT2D eigenvalue weighted by Gasteiger charge is 2.51. The fourth-order valence-electron chi connectivity index (χ4n) is 7.63. The molecule has 0 saturated carbocycles.